The molecule has 2 N–H and O–H groups in total. The maximum Gasteiger partial charge on any atom is 0.308 e. The number of benzene rings is 1. The molecule has 1 aromatic heterocycles. The molecule has 1 aromatic carbocycles. The van der Waals surface area contributed by atoms with E-state index >= 15 is 0 Å². The third-order valence-corrected chi connectivity index (χ3v) is 3.60. The van der Waals surface area contributed by atoms with Crippen LogP contribution in [0.25, 0.3) is 0 Å². The minimum atomic E-state index is -0.475. The molecule has 0 aliphatic rings. The minimum absolute atomic E-state index is 0.111. The topological polar surface area (TPSA) is 93.2 Å². The first-order valence-corrected chi connectivity index (χ1v) is 8.06. The van der Waals surface area contributed by atoms with E-state index in [0.717, 1.165) is 10.0 Å². The lowest BCUT2D eigenvalue weighted by Gasteiger charge is -2.09. The SMILES string of the molecule is Cc1ccc(NC(=O)COC(=O)CCNc2ncccn2)c(Br)c1. The van der Waals surface area contributed by atoms with Crippen LogP contribution in [0, 0.1) is 6.92 Å². The normalized spacial score (nSPS) is 10.1. The summed E-state index contributed by atoms with van der Waals surface area (Å²) < 4.78 is 5.70. The molecule has 0 saturated carbocycles. The summed E-state index contributed by atoms with van der Waals surface area (Å²) in [6.45, 7) is 1.95. The van der Waals surface area contributed by atoms with Gasteiger partial charge >= 0.3 is 5.97 Å². The summed E-state index contributed by atoms with van der Waals surface area (Å²) in [5.41, 5.74) is 1.70. The van der Waals surface area contributed by atoms with E-state index in [-0.39, 0.29) is 13.0 Å². The Morgan fingerprint density at radius 2 is 2.00 bits per heavy atom. The lowest BCUT2D eigenvalue weighted by atomic mass is 10.2. The Hall–Kier alpha value is -2.48. The highest BCUT2D eigenvalue weighted by Crippen LogP contribution is 2.23. The van der Waals surface area contributed by atoms with Crippen molar-refractivity contribution in [1.29, 1.82) is 0 Å². The largest absolute Gasteiger partial charge is 0.456 e. The number of hydrogen-bond donors (Lipinski definition) is 2. The zero-order chi connectivity index (χ0) is 17.4. The highest BCUT2D eigenvalue weighted by atomic mass is 79.9. The molecule has 8 heteroatoms. The molecule has 0 saturated heterocycles. The number of anilines is 2. The highest BCUT2D eigenvalue weighted by molar-refractivity contribution is 9.10. The van der Waals surface area contributed by atoms with Crippen molar-refractivity contribution in [3.05, 3.63) is 46.7 Å². The molecule has 2 aromatic rings. The fraction of sp³-hybridized carbons (Fsp3) is 0.250. The first-order valence-electron chi connectivity index (χ1n) is 7.27. The molecule has 0 aliphatic heterocycles. The average Bonchev–Trinajstić information content (AvgIpc) is 2.56. The number of carbonyl (C=O) groups is 2. The Morgan fingerprint density at radius 3 is 2.71 bits per heavy atom. The summed E-state index contributed by atoms with van der Waals surface area (Å²) >= 11 is 3.37. The van der Waals surface area contributed by atoms with Gasteiger partial charge in [-0.1, -0.05) is 6.07 Å². The van der Waals surface area contributed by atoms with Crippen LogP contribution >= 0.6 is 15.9 Å². The number of aryl methyl sites for hydroxylation is 1. The maximum absolute atomic E-state index is 11.8. The van der Waals surface area contributed by atoms with Crippen molar-refractivity contribution < 1.29 is 14.3 Å². The van der Waals surface area contributed by atoms with Gasteiger partial charge in [0.15, 0.2) is 6.61 Å². The van der Waals surface area contributed by atoms with Crippen molar-refractivity contribution in [2.75, 3.05) is 23.8 Å². The molecule has 0 bridgehead atoms. The highest BCUT2D eigenvalue weighted by Gasteiger charge is 2.09. The number of hydrogen-bond acceptors (Lipinski definition) is 6. The number of nitrogens with one attached hydrogen (secondary N) is 2. The second kappa shape index (κ2) is 8.97. The van der Waals surface area contributed by atoms with E-state index < -0.39 is 11.9 Å². The standard InChI is InChI=1S/C16H17BrN4O3/c1-11-3-4-13(12(17)9-11)21-14(22)10-24-15(23)5-8-20-16-18-6-2-7-19-16/h2-4,6-7,9H,5,8,10H2,1H3,(H,21,22)(H,18,19,20). The lowest BCUT2D eigenvalue weighted by Crippen LogP contribution is -2.22. The van der Waals surface area contributed by atoms with Crippen molar-refractivity contribution in [3.63, 3.8) is 0 Å². The Morgan fingerprint density at radius 1 is 1.25 bits per heavy atom. The van der Waals surface area contributed by atoms with Crippen LogP contribution in [0.5, 0.6) is 0 Å². The summed E-state index contributed by atoms with van der Waals surface area (Å²) in [6.07, 6.45) is 3.31. The molecule has 0 spiro atoms. The number of rotatable bonds is 7. The van der Waals surface area contributed by atoms with Crippen molar-refractivity contribution in [2.24, 2.45) is 0 Å². The molecule has 1 heterocycles. The zero-order valence-electron chi connectivity index (χ0n) is 13.1. The average molecular weight is 393 g/mol. The van der Waals surface area contributed by atoms with Crippen molar-refractivity contribution in [2.45, 2.75) is 13.3 Å². The van der Waals surface area contributed by atoms with Gasteiger partial charge in [-0.3, -0.25) is 9.59 Å². The van der Waals surface area contributed by atoms with Crippen LogP contribution in [-0.4, -0.2) is 35.0 Å². The third kappa shape index (κ3) is 5.96. The molecule has 24 heavy (non-hydrogen) atoms. The van der Waals surface area contributed by atoms with Crippen LogP contribution in [0.4, 0.5) is 11.6 Å². The van der Waals surface area contributed by atoms with Gasteiger partial charge in [0.1, 0.15) is 0 Å². The molecule has 0 unspecified atom stereocenters. The molecule has 126 valence electrons. The summed E-state index contributed by atoms with van der Waals surface area (Å²) in [7, 11) is 0. The lowest BCUT2D eigenvalue weighted by molar-refractivity contribution is -0.147. The summed E-state index contributed by atoms with van der Waals surface area (Å²) in [6, 6.07) is 7.25. The molecule has 7 nitrogen and oxygen atoms in total. The van der Waals surface area contributed by atoms with E-state index in [2.05, 4.69) is 36.5 Å². The number of nitrogens with zero attached hydrogens (tertiary/aromatic N) is 2. The smallest absolute Gasteiger partial charge is 0.308 e. The molecule has 0 aliphatic carbocycles. The molecular formula is C16H17BrN4O3. The fourth-order valence-corrected chi connectivity index (χ4v) is 2.39. The van der Waals surface area contributed by atoms with Gasteiger partial charge in [0, 0.05) is 23.4 Å². The Labute approximate surface area is 148 Å². The van der Waals surface area contributed by atoms with E-state index in [9.17, 15) is 9.59 Å². The Bertz CT molecular complexity index is 710. The summed E-state index contributed by atoms with van der Waals surface area (Å²) in [5, 5.41) is 5.56. The Balaban J connectivity index is 1.68. The molecule has 2 rings (SSSR count). The van der Waals surface area contributed by atoms with Crippen molar-refractivity contribution in [3.8, 4) is 0 Å². The predicted octanol–water partition coefficient (Wildman–Crippen LogP) is 2.53. The number of esters is 1. The fourth-order valence-electron chi connectivity index (χ4n) is 1.79. The second-order valence-electron chi connectivity index (χ2n) is 4.94. The summed E-state index contributed by atoms with van der Waals surface area (Å²) in [4.78, 5) is 31.4. The van der Waals surface area contributed by atoms with Gasteiger partial charge in [0.2, 0.25) is 5.95 Å². The maximum atomic E-state index is 11.8. The number of amides is 1. The van der Waals surface area contributed by atoms with E-state index in [4.69, 9.17) is 4.74 Å². The van der Waals surface area contributed by atoms with Crippen molar-refractivity contribution in [1.82, 2.24) is 9.97 Å². The van der Waals surface area contributed by atoms with Gasteiger partial charge < -0.3 is 15.4 Å². The van der Waals surface area contributed by atoms with Gasteiger partial charge in [-0.15, -0.1) is 0 Å². The summed E-state index contributed by atoms with van der Waals surface area (Å²) in [5.74, 6) is -0.434. The zero-order valence-corrected chi connectivity index (χ0v) is 14.7. The van der Waals surface area contributed by atoms with E-state index in [0.29, 0.717) is 18.2 Å². The van der Waals surface area contributed by atoms with Gasteiger partial charge in [-0.2, -0.15) is 0 Å². The molecule has 0 radical (unpaired) electrons. The first-order chi connectivity index (χ1) is 11.5. The number of aromatic nitrogens is 2. The molecule has 0 fully saturated rings. The van der Waals surface area contributed by atoms with E-state index in [1.165, 1.54) is 0 Å². The van der Waals surface area contributed by atoms with Gasteiger partial charge in [-0.05, 0) is 46.6 Å². The predicted molar refractivity (Wildman–Crippen MR) is 93.6 cm³/mol. The van der Waals surface area contributed by atoms with Crippen molar-refractivity contribution >= 4 is 39.4 Å². The van der Waals surface area contributed by atoms with Gasteiger partial charge in [-0.25, -0.2) is 9.97 Å². The minimum Gasteiger partial charge on any atom is -0.456 e. The quantitative estimate of drug-likeness (QED) is 0.703. The molecule has 0 atom stereocenters. The first kappa shape index (κ1) is 17.9. The molecular weight excluding hydrogens is 376 g/mol. The van der Waals surface area contributed by atoms with Crippen LogP contribution in [0.3, 0.4) is 0 Å². The number of ether oxygens (including phenoxy) is 1. The van der Waals surface area contributed by atoms with Crippen LogP contribution in [0.2, 0.25) is 0 Å². The number of carbonyl (C=O) groups excluding carboxylic acids is 2. The van der Waals surface area contributed by atoms with Gasteiger partial charge in [0.05, 0.1) is 12.1 Å². The van der Waals surface area contributed by atoms with Crippen LogP contribution in [-0.2, 0) is 14.3 Å². The van der Waals surface area contributed by atoms with Crippen LogP contribution in [0.15, 0.2) is 41.1 Å². The third-order valence-electron chi connectivity index (χ3n) is 2.94. The van der Waals surface area contributed by atoms with Gasteiger partial charge in [0.25, 0.3) is 5.91 Å². The van der Waals surface area contributed by atoms with Crippen LogP contribution in [0.1, 0.15) is 12.0 Å². The second-order valence-corrected chi connectivity index (χ2v) is 5.80. The van der Waals surface area contributed by atoms with E-state index in [1.54, 1.807) is 24.5 Å². The monoisotopic (exact) mass is 392 g/mol. The number of halogens is 1. The van der Waals surface area contributed by atoms with E-state index in [1.807, 2.05) is 19.1 Å². The Kier molecular flexibility index (Phi) is 6.68. The van der Waals surface area contributed by atoms with Crippen LogP contribution < -0.4 is 10.6 Å². The molecule has 1 amide bonds.